The molecule has 1 heteroatoms. The van der Waals surface area contributed by atoms with Crippen LogP contribution in [0.25, 0.3) is 11.6 Å². The second kappa shape index (κ2) is 5.54. The van der Waals surface area contributed by atoms with Crippen LogP contribution in [0, 0.1) is 5.92 Å². The van der Waals surface area contributed by atoms with Crippen LogP contribution in [0.1, 0.15) is 25.0 Å². The molecule has 2 aromatic carbocycles. The minimum atomic E-state index is 0.491. The number of nitrogen functional groups attached to an aromatic ring is 1. The number of hydrogen-bond acceptors (Lipinski definition) is 1. The molecule has 0 saturated carbocycles. The molecule has 0 aromatic heterocycles. The topological polar surface area (TPSA) is 26.0 Å². The van der Waals surface area contributed by atoms with Gasteiger partial charge >= 0.3 is 0 Å². The molecule has 0 aliphatic heterocycles. The summed E-state index contributed by atoms with van der Waals surface area (Å²) >= 11 is 0. The van der Waals surface area contributed by atoms with Gasteiger partial charge in [0, 0.05) is 5.69 Å². The van der Waals surface area contributed by atoms with E-state index in [2.05, 4.69) is 56.3 Å². The molecule has 0 saturated heterocycles. The van der Waals surface area contributed by atoms with Gasteiger partial charge in [0.05, 0.1) is 0 Å². The van der Waals surface area contributed by atoms with Crippen molar-refractivity contribution in [3.8, 4) is 0 Å². The van der Waals surface area contributed by atoms with Gasteiger partial charge in [0.15, 0.2) is 0 Å². The number of hydrogen-bond donors (Lipinski definition) is 1. The summed E-state index contributed by atoms with van der Waals surface area (Å²) in [5, 5.41) is 0. The van der Waals surface area contributed by atoms with E-state index in [1.165, 1.54) is 16.7 Å². The zero-order valence-electron chi connectivity index (χ0n) is 10.9. The van der Waals surface area contributed by atoms with E-state index in [-0.39, 0.29) is 0 Å². The average Bonchev–Trinajstić information content (AvgIpc) is 2.38. The average molecular weight is 237 g/mol. The van der Waals surface area contributed by atoms with Crippen molar-refractivity contribution in [3.63, 3.8) is 0 Å². The second-order valence-corrected chi connectivity index (χ2v) is 4.79. The lowest BCUT2D eigenvalue weighted by molar-refractivity contribution is 0.859. The normalized spacial score (nSPS) is 11.8. The summed E-state index contributed by atoms with van der Waals surface area (Å²) in [5.74, 6) is 0.491. The van der Waals surface area contributed by atoms with Crippen molar-refractivity contribution in [2.24, 2.45) is 5.92 Å². The van der Waals surface area contributed by atoms with Gasteiger partial charge in [-0.2, -0.15) is 0 Å². The Bertz CT molecular complexity index is 521. The third kappa shape index (κ3) is 3.01. The molecule has 0 atom stereocenters. The number of anilines is 1. The molecule has 0 spiro atoms. The number of allylic oxidation sites excluding steroid dienone is 1. The smallest absolute Gasteiger partial charge is 0.0314 e. The van der Waals surface area contributed by atoms with Crippen LogP contribution >= 0.6 is 0 Å². The summed E-state index contributed by atoms with van der Waals surface area (Å²) in [6.07, 6.45) is 2.24. The Morgan fingerprint density at radius 1 is 0.944 bits per heavy atom. The Labute approximate surface area is 109 Å². The van der Waals surface area contributed by atoms with Crippen LogP contribution in [-0.4, -0.2) is 0 Å². The Kier molecular flexibility index (Phi) is 3.83. The summed E-state index contributed by atoms with van der Waals surface area (Å²) in [7, 11) is 0. The van der Waals surface area contributed by atoms with Gasteiger partial charge in [-0.25, -0.2) is 0 Å². The van der Waals surface area contributed by atoms with Crippen molar-refractivity contribution in [3.05, 3.63) is 65.7 Å². The summed E-state index contributed by atoms with van der Waals surface area (Å²) in [4.78, 5) is 0. The summed E-state index contributed by atoms with van der Waals surface area (Å²) in [5.41, 5.74) is 10.3. The maximum absolute atomic E-state index is 5.71. The molecule has 2 rings (SSSR count). The van der Waals surface area contributed by atoms with Crippen molar-refractivity contribution < 1.29 is 0 Å². The van der Waals surface area contributed by atoms with E-state index in [1.54, 1.807) is 0 Å². The Morgan fingerprint density at radius 2 is 1.56 bits per heavy atom. The molecule has 1 nitrogen and oxygen atoms in total. The minimum absolute atomic E-state index is 0.491. The lowest BCUT2D eigenvalue weighted by Gasteiger charge is -2.12. The van der Waals surface area contributed by atoms with Crippen LogP contribution in [0.15, 0.2) is 54.6 Å². The van der Waals surface area contributed by atoms with Crippen LogP contribution in [0.2, 0.25) is 0 Å². The van der Waals surface area contributed by atoms with Crippen molar-refractivity contribution in [2.75, 3.05) is 5.73 Å². The van der Waals surface area contributed by atoms with Crippen LogP contribution in [0.5, 0.6) is 0 Å². The van der Waals surface area contributed by atoms with E-state index < -0.39 is 0 Å². The second-order valence-electron chi connectivity index (χ2n) is 4.79. The quantitative estimate of drug-likeness (QED) is 0.618. The van der Waals surface area contributed by atoms with Gasteiger partial charge in [0.1, 0.15) is 0 Å². The van der Waals surface area contributed by atoms with Crippen LogP contribution in [0.3, 0.4) is 0 Å². The third-order valence-corrected chi connectivity index (χ3v) is 2.99. The first kappa shape index (κ1) is 12.4. The van der Waals surface area contributed by atoms with Crippen molar-refractivity contribution in [2.45, 2.75) is 13.8 Å². The number of benzene rings is 2. The first-order valence-electron chi connectivity index (χ1n) is 6.29. The molecule has 0 amide bonds. The molecular weight excluding hydrogens is 218 g/mol. The van der Waals surface area contributed by atoms with Crippen molar-refractivity contribution in [1.29, 1.82) is 0 Å². The molecule has 0 aliphatic carbocycles. The highest BCUT2D eigenvalue weighted by atomic mass is 14.5. The third-order valence-electron chi connectivity index (χ3n) is 2.99. The SMILES string of the molecule is CC(C)/C(=C\c1ccc(N)cc1)c1ccccc1. The first-order valence-corrected chi connectivity index (χ1v) is 6.29. The molecule has 92 valence electrons. The van der Waals surface area contributed by atoms with Gasteiger partial charge in [-0.15, -0.1) is 0 Å². The van der Waals surface area contributed by atoms with Gasteiger partial charge in [0.25, 0.3) is 0 Å². The predicted octanol–water partition coefficient (Wildman–Crippen LogP) is 4.47. The Balaban J connectivity index is 2.39. The van der Waals surface area contributed by atoms with Gasteiger partial charge < -0.3 is 5.73 Å². The largest absolute Gasteiger partial charge is 0.399 e. The zero-order valence-corrected chi connectivity index (χ0v) is 10.9. The highest BCUT2D eigenvalue weighted by molar-refractivity contribution is 5.82. The van der Waals surface area contributed by atoms with Gasteiger partial charge in [-0.3, -0.25) is 0 Å². The molecule has 0 bridgehead atoms. The van der Waals surface area contributed by atoms with Gasteiger partial charge in [-0.05, 0) is 34.8 Å². The lowest BCUT2D eigenvalue weighted by atomic mass is 9.93. The van der Waals surface area contributed by atoms with E-state index in [4.69, 9.17) is 5.73 Å². The molecule has 0 unspecified atom stereocenters. The molecule has 0 aliphatic rings. The molecule has 0 heterocycles. The lowest BCUT2D eigenvalue weighted by Crippen LogP contribution is -1.93. The van der Waals surface area contributed by atoms with Crippen molar-refractivity contribution in [1.82, 2.24) is 0 Å². The molecular formula is C17H19N. The number of nitrogens with two attached hydrogens (primary N) is 1. The fraction of sp³-hybridized carbons (Fsp3) is 0.176. The highest BCUT2D eigenvalue weighted by Crippen LogP contribution is 2.25. The van der Waals surface area contributed by atoms with E-state index in [1.807, 2.05) is 18.2 Å². The predicted molar refractivity (Wildman–Crippen MR) is 80.0 cm³/mol. The molecule has 2 N–H and O–H groups in total. The van der Waals surface area contributed by atoms with Crippen LogP contribution in [-0.2, 0) is 0 Å². The van der Waals surface area contributed by atoms with E-state index in [0.717, 1.165) is 5.69 Å². The van der Waals surface area contributed by atoms with Crippen molar-refractivity contribution >= 4 is 17.3 Å². The Hall–Kier alpha value is -2.02. The molecule has 18 heavy (non-hydrogen) atoms. The maximum Gasteiger partial charge on any atom is 0.0314 e. The van der Waals surface area contributed by atoms with Gasteiger partial charge in [0.2, 0.25) is 0 Å². The monoisotopic (exact) mass is 237 g/mol. The maximum atomic E-state index is 5.71. The summed E-state index contributed by atoms with van der Waals surface area (Å²) in [6.45, 7) is 4.44. The first-order chi connectivity index (χ1) is 8.66. The standard InChI is InChI=1S/C17H19N/c1-13(2)17(15-6-4-3-5-7-15)12-14-8-10-16(18)11-9-14/h3-13H,18H2,1-2H3/b17-12+. The summed E-state index contributed by atoms with van der Waals surface area (Å²) in [6, 6.07) is 18.5. The fourth-order valence-corrected chi connectivity index (χ4v) is 1.99. The fourth-order valence-electron chi connectivity index (χ4n) is 1.99. The number of rotatable bonds is 3. The highest BCUT2D eigenvalue weighted by Gasteiger charge is 2.05. The van der Waals surface area contributed by atoms with E-state index >= 15 is 0 Å². The minimum Gasteiger partial charge on any atom is -0.399 e. The van der Waals surface area contributed by atoms with Crippen LogP contribution < -0.4 is 5.73 Å². The van der Waals surface area contributed by atoms with Gasteiger partial charge in [-0.1, -0.05) is 62.4 Å². The summed E-state index contributed by atoms with van der Waals surface area (Å²) < 4.78 is 0. The molecule has 0 radical (unpaired) electrons. The molecule has 2 aromatic rings. The van der Waals surface area contributed by atoms with E-state index in [9.17, 15) is 0 Å². The zero-order chi connectivity index (χ0) is 13.0. The molecule has 0 fully saturated rings. The Morgan fingerprint density at radius 3 is 2.11 bits per heavy atom. The van der Waals surface area contributed by atoms with E-state index in [0.29, 0.717) is 5.92 Å². The van der Waals surface area contributed by atoms with Crippen LogP contribution in [0.4, 0.5) is 5.69 Å².